The molecule has 11 aromatic carbocycles. The van der Waals surface area contributed by atoms with E-state index in [1.165, 1.54) is 122 Å². The summed E-state index contributed by atoms with van der Waals surface area (Å²) in [6, 6.07) is 85.8. The van der Waals surface area contributed by atoms with E-state index in [4.69, 9.17) is 4.74 Å². The quantitative estimate of drug-likeness (QED) is 0.159. The van der Waals surface area contributed by atoms with Crippen LogP contribution in [0.3, 0.4) is 0 Å². The van der Waals surface area contributed by atoms with Crippen LogP contribution >= 0.6 is 0 Å². The minimum atomic E-state index is -0.273. The average Bonchev–Trinajstić information content (AvgIpc) is 1.37. The molecule has 0 unspecified atom stereocenters. The van der Waals surface area contributed by atoms with Gasteiger partial charge < -0.3 is 15.4 Å². The summed E-state index contributed by atoms with van der Waals surface area (Å²) in [7, 11) is 0. The van der Waals surface area contributed by atoms with E-state index in [1.54, 1.807) is 0 Å². The van der Waals surface area contributed by atoms with Crippen LogP contribution in [-0.4, -0.2) is 0 Å². The van der Waals surface area contributed by atoms with Crippen molar-refractivity contribution in [2.24, 2.45) is 0 Å². The third-order valence-corrected chi connectivity index (χ3v) is 19.9. The number of rotatable bonds is 8. The zero-order valence-electron chi connectivity index (χ0n) is 49.8. The molecule has 0 spiro atoms. The van der Waals surface area contributed by atoms with Crippen molar-refractivity contribution in [2.75, 3.05) is 10.6 Å². The van der Waals surface area contributed by atoms with Gasteiger partial charge in [-0.15, -0.1) is 0 Å². The Morgan fingerprint density at radius 3 is 1.45 bits per heavy atom. The van der Waals surface area contributed by atoms with Gasteiger partial charge in [0.1, 0.15) is 5.75 Å². The summed E-state index contributed by atoms with van der Waals surface area (Å²) in [6.07, 6.45) is 0. The van der Waals surface area contributed by atoms with Crippen molar-refractivity contribution < 1.29 is 4.74 Å². The first kappa shape index (κ1) is 51.7. The normalized spacial score (nSPS) is 16.1. The Bertz CT molecular complexity index is 4520. The van der Waals surface area contributed by atoms with E-state index >= 15 is 0 Å². The van der Waals surface area contributed by atoms with E-state index in [1.807, 2.05) is 0 Å². The second kappa shape index (κ2) is 18.4. The van der Waals surface area contributed by atoms with Crippen molar-refractivity contribution in [1.82, 2.24) is 0 Å². The Hall–Kier alpha value is -9.18. The predicted octanol–water partition coefficient (Wildman–Crippen LogP) is 21.9. The summed E-state index contributed by atoms with van der Waals surface area (Å²) in [4.78, 5) is 0. The van der Waals surface area contributed by atoms with E-state index in [9.17, 15) is 0 Å². The molecule has 3 nitrogen and oxygen atoms in total. The first-order valence-electron chi connectivity index (χ1n) is 30.0. The Balaban J connectivity index is 0.735. The fourth-order valence-electron chi connectivity index (χ4n) is 15.3. The smallest absolute Gasteiger partial charge is 0.154 e. The average molecular weight is 1090 g/mol. The van der Waals surface area contributed by atoms with Crippen LogP contribution in [0.4, 0.5) is 22.7 Å². The molecule has 1 heterocycles. The summed E-state index contributed by atoms with van der Waals surface area (Å²) in [5.74, 6) is 1.80. The Kier molecular flexibility index (Phi) is 11.3. The molecular weight excluding hydrogens is 1020 g/mol. The third-order valence-electron chi connectivity index (χ3n) is 19.9. The van der Waals surface area contributed by atoms with Gasteiger partial charge in [-0.3, -0.25) is 0 Å². The zero-order valence-corrected chi connectivity index (χ0v) is 49.8. The second-order valence-electron chi connectivity index (χ2n) is 26.7. The molecule has 0 aromatic heterocycles. The number of hydrogen-bond donors (Lipinski definition) is 2. The van der Waals surface area contributed by atoms with Crippen LogP contribution in [-0.2, 0) is 27.1 Å². The van der Waals surface area contributed by atoms with Gasteiger partial charge in [-0.05, 0) is 184 Å². The van der Waals surface area contributed by atoms with E-state index in [-0.39, 0.29) is 27.1 Å². The highest BCUT2D eigenvalue weighted by Gasteiger charge is 2.44. The van der Waals surface area contributed by atoms with Crippen molar-refractivity contribution in [3.8, 4) is 78.3 Å². The lowest BCUT2D eigenvalue weighted by Gasteiger charge is -2.44. The van der Waals surface area contributed by atoms with Crippen LogP contribution in [0.2, 0.25) is 0 Å². The largest absolute Gasteiger partial charge is 0.455 e. The van der Waals surface area contributed by atoms with Crippen molar-refractivity contribution in [1.29, 1.82) is 0 Å². The first-order chi connectivity index (χ1) is 40.4. The Morgan fingerprint density at radius 1 is 0.250 bits per heavy atom. The van der Waals surface area contributed by atoms with Crippen molar-refractivity contribution in [3.05, 3.63) is 286 Å². The van der Waals surface area contributed by atoms with E-state index in [0.717, 1.165) is 34.2 Å². The lowest BCUT2D eigenvalue weighted by molar-refractivity contribution is 0.420. The number of benzene rings is 11. The van der Waals surface area contributed by atoms with Crippen LogP contribution in [0.15, 0.2) is 231 Å². The van der Waals surface area contributed by atoms with Gasteiger partial charge in [-0.1, -0.05) is 227 Å². The molecule has 0 saturated heterocycles. The summed E-state index contributed by atoms with van der Waals surface area (Å²) in [5, 5.41) is 7.70. The van der Waals surface area contributed by atoms with Gasteiger partial charge >= 0.3 is 0 Å². The summed E-state index contributed by atoms with van der Waals surface area (Å²) >= 11 is 0. The topological polar surface area (TPSA) is 33.3 Å². The highest BCUT2D eigenvalue weighted by atomic mass is 16.5. The molecule has 1 aliphatic heterocycles. The second-order valence-corrected chi connectivity index (χ2v) is 26.7. The molecule has 3 heteroatoms. The maximum atomic E-state index is 6.70. The summed E-state index contributed by atoms with van der Waals surface area (Å²) in [5.41, 5.74) is 31.6. The Morgan fingerprint density at radius 2 is 0.750 bits per heavy atom. The van der Waals surface area contributed by atoms with Gasteiger partial charge in [0.05, 0.1) is 5.69 Å². The van der Waals surface area contributed by atoms with Gasteiger partial charge in [0.25, 0.3) is 0 Å². The molecule has 2 N–H and O–H groups in total. The first-order valence-corrected chi connectivity index (χ1v) is 30.0. The van der Waals surface area contributed by atoms with Crippen molar-refractivity contribution in [2.45, 2.75) is 96.3 Å². The zero-order chi connectivity index (χ0) is 57.7. The molecule has 11 aromatic rings. The van der Waals surface area contributed by atoms with Crippen LogP contribution in [0.1, 0.15) is 125 Å². The molecule has 0 radical (unpaired) electrons. The van der Waals surface area contributed by atoms with E-state index in [0.29, 0.717) is 0 Å². The lowest BCUT2D eigenvalue weighted by Crippen LogP contribution is -2.36. The van der Waals surface area contributed by atoms with E-state index in [2.05, 4.69) is 310 Å². The van der Waals surface area contributed by atoms with Gasteiger partial charge in [0.15, 0.2) is 5.75 Å². The third kappa shape index (κ3) is 7.77. The summed E-state index contributed by atoms with van der Waals surface area (Å²) < 4.78 is 6.70. The number of anilines is 4. The SMILES string of the molecule is CC1(C)c2ccc(-c3cc(-c4ccccc4)c4c(c3)-c3ccc(Nc5cccc6c5Oc5ccccc5C6(C)C)cc3C4(C)C)cc2C(C)(C)c2ccc(-c3ccc(Nc4cccc5c4C(C)(C)c4ccc(-c6ccccc6)cc4-5)cc3)cc21. The molecule has 0 fully saturated rings. The Labute approximate surface area is 496 Å². The number of ether oxygens (including phenoxy) is 1. The van der Waals surface area contributed by atoms with E-state index < -0.39 is 0 Å². The standard InChI is InChI=1S/C81H70N2O/c1-77(2)65-42-35-54(55-44-60(51-23-15-12-16-24-51)74-62(45-55)58-39-38-57(48-68(58)81(74,9)10)83-72-29-20-27-67-76(72)84-73-30-18-17-26-66(73)79(67,5)6)47-70(65)78(3,4)64-41-34-53(46-69(64)77)50-31-36-56(37-32-50)82-71-28-19-25-59-61-43-52(49-21-13-11-14-22-49)33-40-63(61)80(7,8)75(59)71/h11-48,82-83H,1-10H3. The molecule has 0 saturated carbocycles. The lowest BCUT2D eigenvalue weighted by atomic mass is 9.59. The van der Waals surface area contributed by atoms with Gasteiger partial charge in [-0.25, -0.2) is 0 Å². The molecule has 15 rings (SSSR count). The molecule has 0 amide bonds. The van der Waals surface area contributed by atoms with Gasteiger partial charge in [-0.2, -0.15) is 0 Å². The number of hydrogen-bond acceptors (Lipinski definition) is 3. The minimum Gasteiger partial charge on any atom is -0.455 e. The van der Waals surface area contributed by atoms with Crippen molar-refractivity contribution in [3.63, 3.8) is 0 Å². The van der Waals surface area contributed by atoms with Crippen molar-refractivity contribution >= 4 is 22.7 Å². The fourth-order valence-corrected chi connectivity index (χ4v) is 15.3. The molecule has 410 valence electrons. The molecule has 0 bridgehead atoms. The van der Waals surface area contributed by atoms with Crippen LogP contribution in [0, 0.1) is 0 Å². The highest BCUT2D eigenvalue weighted by molar-refractivity contribution is 5.94. The predicted molar refractivity (Wildman–Crippen MR) is 352 cm³/mol. The van der Waals surface area contributed by atoms with Gasteiger partial charge in [0.2, 0.25) is 0 Å². The molecule has 0 atom stereocenters. The molecule has 3 aliphatic carbocycles. The molecule has 4 aliphatic rings. The minimum absolute atomic E-state index is 0.150. The molecular formula is C81H70N2O. The highest BCUT2D eigenvalue weighted by Crippen LogP contribution is 2.58. The number of para-hydroxylation sites is 2. The maximum absolute atomic E-state index is 6.70. The van der Waals surface area contributed by atoms with Crippen LogP contribution < -0.4 is 15.4 Å². The summed E-state index contributed by atoms with van der Waals surface area (Å²) in [6.45, 7) is 23.8. The monoisotopic (exact) mass is 1090 g/mol. The molecule has 84 heavy (non-hydrogen) atoms. The van der Waals surface area contributed by atoms with Gasteiger partial charge in [0, 0.05) is 55.3 Å². The fraction of sp³-hybridized carbons (Fsp3) is 0.185. The maximum Gasteiger partial charge on any atom is 0.154 e. The number of fused-ring (bicyclic) bond motifs is 10. The number of nitrogens with one attached hydrogen (secondary N) is 2. The van der Waals surface area contributed by atoms with Crippen LogP contribution in [0.5, 0.6) is 11.5 Å². The van der Waals surface area contributed by atoms with Crippen LogP contribution in [0.25, 0.3) is 66.8 Å².